The second-order valence-corrected chi connectivity index (χ2v) is 4.41. The Morgan fingerprint density at radius 2 is 1.90 bits per heavy atom. The Morgan fingerprint density at radius 1 is 1.25 bits per heavy atom. The molecule has 0 radical (unpaired) electrons. The van der Waals surface area contributed by atoms with Gasteiger partial charge in [-0.05, 0) is 36.2 Å². The number of carboxylic acids is 1. The normalized spacial score (nSPS) is 10.2. The lowest BCUT2D eigenvalue weighted by Crippen LogP contribution is -2.25. The van der Waals surface area contributed by atoms with Crippen LogP contribution in [0.1, 0.15) is 26.3 Å². The van der Waals surface area contributed by atoms with Crippen LogP contribution in [0.5, 0.6) is 0 Å². The van der Waals surface area contributed by atoms with Gasteiger partial charge in [-0.3, -0.25) is 9.48 Å². The van der Waals surface area contributed by atoms with Crippen molar-refractivity contribution in [2.24, 2.45) is 7.05 Å². The lowest BCUT2D eigenvalue weighted by Gasteiger charge is -2.04. The number of aromatic carboxylic acids is 1. The molecule has 104 valence electrons. The van der Waals surface area contributed by atoms with Gasteiger partial charge in [-0.1, -0.05) is 0 Å². The second-order valence-electron chi connectivity index (χ2n) is 4.41. The monoisotopic (exact) mass is 273 g/mol. The van der Waals surface area contributed by atoms with E-state index in [9.17, 15) is 9.59 Å². The smallest absolute Gasteiger partial charge is 0.335 e. The van der Waals surface area contributed by atoms with Gasteiger partial charge in [-0.15, -0.1) is 0 Å². The van der Waals surface area contributed by atoms with Crippen molar-refractivity contribution in [1.82, 2.24) is 15.1 Å². The van der Waals surface area contributed by atoms with Crippen molar-refractivity contribution < 1.29 is 14.7 Å². The van der Waals surface area contributed by atoms with Crippen LogP contribution >= 0.6 is 0 Å². The number of carbonyl (C=O) groups is 2. The minimum absolute atomic E-state index is 0.164. The lowest BCUT2D eigenvalue weighted by molar-refractivity contribution is 0.0696. The van der Waals surface area contributed by atoms with E-state index < -0.39 is 5.97 Å². The van der Waals surface area contributed by atoms with Crippen LogP contribution in [0.3, 0.4) is 0 Å². The van der Waals surface area contributed by atoms with Gasteiger partial charge < -0.3 is 10.4 Å². The van der Waals surface area contributed by atoms with Gasteiger partial charge in [-0.25, -0.2) is 4.79 Å². The summed E-state index contributed by atoms with van der Waals surface area (Å²) in [5, 5.41) is 15.6. The maximum absolute atomic E-state index is 11.8. The molecule has 2 rings (SSSR count). The zero-order chi connectivity index (χ0) is 14.5. The minimum Gasteiger partial charge on any atom is -0.478 e. The Balaban J connectivity index is 1.86. The fourth-order valence-corrected chi connectivity index (χ4v) is 1.79. The van der Waals surface area contributed by atoms with Gasteiger partial charge in [0.15, 0.2) is 0 Å². The average molecular weight is 273 g/mol. The quantitative estimate of drug-likeness (QED) is 0.854. The molecule has 0 fully saturated rings. The van der Waals surface area contributed by atoms with Crippen LogP contribution in [0.2, 0.25) is 0 Å². The average Bonchev–Trinajstić information content (AvgIpc) is 2.84. The van der Waals surface area contributed by atoms with E-state index in [0.29, 0.717) is 18.5 Å². The highest BCUT2D eigenvalue weighted by atomic mass is 16.4. The Hall–Kier alpha value is -2.63. The van der Waals surface area contributed by atoms with E-state index in [4.69, 9.17) is 5.11 Å². The molecule has 1 aromatic carbocycles. The molecule has 20 heavy (non-hydrogen) atoms. The number of nitrogens with zero attached hydrogens (tertiary/aromatic N) is 2. The van der Waals surface area contributed by atoms with E-state index in [0.717, 1.165) is 5.56 Å². The first-order valence-corrected chi connectivity index (χ1v) is 6.15. The summed E-state index contributed by atoms with van der Waals surface area (Å²) in [5.41, 5.74) is 1.66. The summed E-state index contributed by atoms with van der Waals surface area (Å²) in [5.74, 6) is -1.22. The molecule has 1 amide bonds. The predicted octanol–water partition coefficient (Wildman–Crippen LogP) is 1.09. The van der Waals surface area contributed by atoms with Crippen molar-refractivity contribution in [3.05, 3.63) is 53.3 Å². The van der Waals surface area contributed by atoms with Gasteiger partial charge in [0.1, 0.15) is 0 Å². The van der Waals surface area contributed by atoms with Crippen molar-refractivity contribution in [3.8, 4) is 0 Å². The molecule has 0 aliphatic carbocycles. The van der Waals surface area contributed by atoms with Crippen LogP contribution in [-0.4, -0.2) is 33.3 Å². The van der Waals surface area contributed by atoms with E-state index >= 15 is 0 Å². The summed E-state index contributed by atoms with van der Waals surface area (Å²) in [7, 11) is 1.84. The standard InChI is InChI=1S/C14H15N3O3/c1-17-9-10(8-16-17)6-7-15-13(18)11-2-4-12(5-3-11)14(19)20/h2-5,8-9H,6-7H2,1H3,(H,15,18)(H,19,20). The van der Waals surface area contributed by atoms with Gasteiger partial charge >= 0.3 is 5.97 Å². The number of nitrogens with one attached hydrogen (secondary N) is 1. The Labute approximate surface area is 116 Å². The van der Waals surface area contributed by atoms with Crippen molar-refractivity contribution >= 4 is 11.9 Å². The molecule has 2 aromatic rings. The van der Waals surface area contributed by atoms with Gasteiger partial charge in [0, 0.05) is 25.4 Å². The fraction of sp³-hybridized carbons (Fsp3) is 0.214. The minimum atomic E-state index is -1.01. The highest BCUT2D eigenvalue weighted by Gasteiger charge is 2.07. The second kappa shape index (κ2) is 6.01. The van der Waals surface area contributed by atoms with Gasteiger partial charge in [0.05, 0.1) is 11.8 Å². The van der Waals surface area contributed by atoms with E-state index in [1.54, 1.807) is 10.9 Å². The summed E-state index contributed by atoms with van der Waals surface area (Å²) < 4.78 is 1.71. The molecular weight excluding hydrogens is 258 g/mol. The number of carboxylic acid groups (broad SMARTS) is 1. The summed E-state index contributed by atoms with van der Waals surface area (Å²) in [6, 6.07) is 5.84. The molecule has 0 aliphatic heterocycles. The number of carbonyl (C=O) groups excluding carboxylic acids is 1. The van der Waals surface area contributed by atoms with Crippen LogP contribution in [0, 0.1) is 0 Å². The van der Waals surface area contributed by atoms with E-state index in [2.05, 4.69) is 10.4 Å². The molecule has 6 heteroatoms. The third kappa shape index (κ3) is 3.44. The fourth-order valence-electron chi connectivity index (χ4n) is 1.79. The molecule has 1 heterocycles. The van der Waals surface area contributed by atoms with Crippen molar-refractivity contribution in [2.45, 2.75) is 6.42 Å². The molecule has 0 spiro atoms. The Morgan fingerprint density at radius 3 is 2.45 bits per heavy atom. The summed E-state index contributed by atoms with van der Waals surface area (Å²) >= 11 is 0. The first-order chi connectivity index (χ1) is 9.56. The van der Waals surface area contributed by atoms with E-state index in [-0.39, 0.29) is 11.5 Å². The first-order valence-electron chi connectivity index (χ1n) is 6.15. The lowest BCUT2D eigenvalue weighted by atomic mass is 10.1. The Kier molecular flexibility index (Phi) is 4.14. The molecule has 0 unspecified atom stereocenters. The van der Waals surface area contributed by atoms with Gasteiger partial charge in [0.25, 0.3) is 5.91 Å². The maximum Gasteiger partial charge on any atom is 0.335 e. The molecular formula is C14H15N3O3. The van der Waals surface area contributed by atoms with E-state index in [1.165, 1.54) is 24.3 Å². The highest BCUT2D eigenvalue weighted by molar-refractivity contribution is 5.95. The third-order valence-electron chi connectivity index (χ3n) is 2.85. The summed E-state index contributed by atoms with van der Waals surface area (Å²) in [6.07, 6.45) is 4.36. The molecule has 0 saturated carbocycles. The van der Waals surface area contributed by atoms with Crippen molar-refractivity contribution in [3.63, 3.8) is 0 Å². The number of hydrogen-bond donors (Lipinski definition) is 2. The van der Waals surface area contributed by atoms with Crippen molar-refractivity contribution in [2.75, 3.05) is 6.54 Å². The molecule has 0 bridgehead atoms. The van der Waals surface area contributed by atoms with Gasteiger partial charge in [0.2, 0.25) is 0 Å². The van der Waals surface area contributed by atoms with Crippen LogP contribution < -0.4 is 5.32 Å². The molecule has 0 aliphatic rings. The number of rotatable bonds is 5. The highest BCUT2D eigenvalue weighted by Crippen LogP contribution is 2.04. The first kappa shape index (κ1) is 13.8. The number of aryl methyl sites for hydroxylation is 1. The van der Waals surface area contributed by atoms with Crippen LogP contribution in [0.25, 0.3) is 0 Å². The van der Waals surface area contributed by atoms with Crippen molar-refractivity contribution in [1.29, 1.82) is 0 Å². The summed E-state index contributed by atoms with van der Waals surface area (Å²) in [4.78, 5) is 22.5. The zero-order valence-corrected chi connectivity index (χ0v) is 11.0. The maximum atomic E-state index is 11.8. The van der Waals surface area contributed by atoms with Crippen LogP contribution in [0.4, 0.5) is 0 Å². The Bertz CT molecular complexity index is 617. The molecule has 6 nitrogen and oxygen atoms in total. The third-order valence-corrected chi connectivity index (χ3v) is 2.85. The topological polar surface area (TPSA) is 84.2 Å². The molecule has 2 N–H and O–H groups in total. The number of amides is 1. The summed E-state index contributed by atoms with van der Waals surface area (Å²) in [6.45, 7) is 0.505. The molecule has 0 saturated heterocycles. The zero-order valence-electron chi connectivity index (χ0n) is 11.0. The van der Waals surface area contributed by atoms with Crippen LogP contribution in [0.15, 0.2) is 36.7 Å². The number of benzene rings is 1. The number of aromatic nitrogens is 2. The van der Waals surface area contributed by atoms with E-state index in [1.807, 2.05) is 13.2 Å². The largest absolute Gasteiger partial charge is 0.478 e. The molecule has 0 atom stereocenters. The molecule has 1 aromatic heterocycles. The predicted molar refractivity (Wildman–Crippen MR) is 72.6 cm³/mol. The van der Waals surface area contributed by atoms with Gasteiger partial charge in [-0.2, -0.15) is 5.10 Å². The number of hydrogen-bond acceptors (Lipinski definition) is 3. The SMILES string of the molecule is Cn1cc(CCNC(=O)c2ccc(C(=O)O)cc2)cn1. The van der Waals surface area contributed by atoms with Crippen LogP contribution in [-0.2, 0) is 13.5 Å².